The third-order valence-electron chi connectivity index (χ3n) is 11.6. The van der Waals surface area contributed by atoms with Gasteiger partial charge in [0.05, 0.1) is 11.2 Å². The maximum atomic E-state index is 6.59. The van der Waals surface area contributed by atoms with E-state index in [9.17, 15) is 0 Å². The average Bonchev–Trinajstić information content (AvgIpc) is 3.73. The number of para-hydroxylation sites is 2. The van der Waals surface area contributed by atoms with Crippen molar-refractivity contribution in [3.8, 4) is 33.5 Å². The number of nitrogens with zero attached hydrogens (tertiary/aromatic N) is 2. The summed E-state index contributed by atoms with van der Waals surface area (Å²) in [6, 6.07) is 65.3. The van der Waals surface area contributed by atoms with Crippen molar-refractivity contribution in [3.05, 3.63) is 193 Å². The van der Waals surface area contributed by atoms with Crippen molar-refractivity contribution in [2.24, 2.45) is 0 Å². The molecule has 1 aliphatic carbocycles. The SMILES string of the molecule is CC1(C)c2ccccc2-c2ccc(N(c3ccc(-c4nc5ccccc5c5c4ccc4c6ccccc6oc45)cc3)c3cccc(-c4ccccc4)c3)cc21. The number of fused-ring (bicyclic) bond motifs is 10. The highest BCUT2D eigenvalue weighted by molar-refractivity contribution is 6.24. The Labute approximate surface area is 319 Å². The molecule has 55 heavy (non-hydrogen) atoms. The van der Waals surface area contributed by atoms with Gasteiger partial charge in [0, 0.05) is 55.0 Å². The highest BCUT2D eigenvalue weighted by atomic mass is 16.3. The fourth-order valence-corrected chi connectivity index (χ4v) is 8.94. The average molecular weight is 705 g/mol. The Bertz CT molecular complexity index is 3120. The maximum Gasteiger partial charge on any atom is 0.144 e. The van der Waals surface area contributed by atoms with Crippen molar-refractivity contribution in [1.29, 1.82) is 0 Å². The first kappa shape index (κ1) is 31.5. The summed E-state index contributed by atoms with van der Waals surface area (Å²) in [6.07, 6.45) is 0. The minimum Gasteiger partial charge on any atom is -0.455 e. The number of hydrogen-bond acceptors (Lipinski definition) is 3. The molecular weight excluding hydrogens is 669 g/mol. The van der Waals surface area contributed by atoms with Crippen molar-refractivity contribution < 1.29 is 4.42 Å². The van der Waals surface area contributed by atoms with E-state index in [0.717, 1.165) is 71.9 Å². The second-order valence-electron chi connectivity index (χ2n) is 15.1. The lowest BCUT2D eigenvalue weighted by molar-refractivity contribution is 0.660. The summed E-state index contributed by atoms with van der Waals surface area (Å²) in [5.74, 6) is 0. The van der Waals surface area contributed by atoms with Crippen LogP contribution >= 0.6 is 0 Å². The molecule has 0 saturated heterocycles. The molecule has 0 amide bonds. The molecule has 0 bridgehead atoms. The smallest absolute Gasteiger partial charge is 0.144 e. The molecule has 0 aliphatic heterocycles. The molecule has 8 aromatic carbocycles. The zero-order valence-corrected chi connectivity index (χ0v) is 30.6. The summed E-state index contributed by atoms with van der Waals surface area (Å²) in [6.45, 7) is 4.69. The number of rotatable bonds is 5. The van der Waals surface area contributed by atoms with Crippen LogP contribution in [0.3, 0.4) is 0 Å². The number of hydrogen-bond donors (Lipinski definition) is 0. The maximum absolute atomic E-state index is 6.59. The van der Waals surface area contributed by atoms with Gasteiger partial charge in [-0.05, 0) is 88.0 Å². The first-order chi connectivity index (χ1) is 27.0. The fourth-order valence-electron chi connectivity index (χ4n) is 8.94. The zero-order valence-electron chi connectivity index (χ0n) is 30.6. The molecule has 0 N–H and O–H groups in total. The minimum absolute atomic E-state index is 0.114. The van der Waals surface area contributed by atoms with E-state index in [4.69, 9.17) is 9.40 Å². The van der Waals surface area contributed by atoms with Crippen molar-refractivity contribution >= 4 is 60.7 Å². The van der Waals surface area contributed by atoms with Crippen LogP contribution in [0.15, 0.2) is 186 Å². The van der Waals surface area contributed by atoms with Crippen LogP contribution in [0.2, 0.25) is 0 Å². The van der Waals surface area contributed by atoms with Gasteiger partial charge in [-0.1, -0.05) is 141 Å². The summed E-state index contributed by atoms with van der Waals surface area (Å²) >= 11 is 0. The van der Waals surface area contributed by atoms with Crippen LogP contribution in [0.4, 0.5) is 17.1 Å². The Balaban J connectivity index is 1.08. The van der Waals surface area contributed by atoms with E-state index in [2.05, 4.69) is 189 Å². The molecule has 1 aliphatic rings. The molecular formula is C52H36N2O. The van der Waals surface area contributed by atoms with Crippen LogP contribution in [-0.2, 0) is 5.41 Å². The molecule has 2 aromatic heterocycles. The van der Waals surface area contributed by atoms with E-state index in [1.165, 1.54) is 33.4 Å². The molecule has 3 heteroatoms. The van der Waals surface area contributed by atoms with E-state index in [0.29, 0.717) is 0 Å². The van der Waals surface area contributed by atoms with Crippen LogP contribution in [0.25, 0.3) is 77.1 Å². The van der Waals surface area contributed by atoms with Crippen LogP contribution in [0.1, 0.15) is 25.0 Å². The van der Waals surface area contributed by atoms with Crippen LogP contribution in [0, 0.1) is 0 Å². The Morgan fingerprint density at radius 3 is 2.00 bits per heavy atom. The summed E-state index contributed by atoms with van der Waals surface area (Å²) in [4.78, 5) is 7.68. The summed E-state index contributed by atoms with van der Waals surface area (Å²) < 4.78 is 6.59. The normalized spacial score (nSPS) is 13.1. The predicted octanol–water partition coefficient (Wildman–Crippen LogP) is 14.4. The van der Waals surface area contributed by atoms with E-state index in [1.54, 1.807) is 0 Å². The number of benzene rings is 8. The van der Waals surface area contributed by atoms with Gasteiger partial charge in [-0.2, -0.15) is 0 Å². The lowest BCUT2D eigenvalue weighted by Gasteiger charge is -2.28. The lowest BCUT2D eigenvalue weighted by atomic mass is 9.82. The van der Waals surface area contributed by atoms with Gasteiger partial charge in [-0.15, -0.1) is 0 Å². The third kappa shape index (κ3) is 4.86. The van der Waals surface area contributed by atoms with Gasteiger partial charge >= 0.3 is 0 Å². The van der Waals surface area contributed by atoms with Crippen molar-refractivity contribution in [2.75, 3.05) is 4.90 Å². The second-order valence-corrected chi connectivity index (χ2v) is 15.1. The van der Waals surface area contributed by atoms with E-state index in [-0.39, 0.29) is 5.41 Å². The van der Waals surface area contributed by atoms with Crippen LogP contribution < -0.4 is 4.90 Å². The van der Waals surface area contributed by atoms with Crippen molar-refractivity contribution in [1.82, 2.24) is 4.98 Å². The van der Waals surface area contributed by atoms with Crippen LogP contribution in [-0.4, -0.2) is 4.98 Å². The largest absolute Gasteiger partial charge is 0.455 e. The van der Waals surface area contributed by atoms with E-state index < -0.39 is 0 Å². The van der Waals surface area contributed by atoms with Gasteiger partial charge in [0.2, 0.25) is 0 Å². The molecule has 0 fully saturated rings. The first-order valence-electron chi connectivity index (χ1n) is 19.0. The molecule has 0 unspecified atom stereocenters. The molecule has 0 radical (unpaired) electrons. The number of anilines is 3. The quantitative estimate of drug-likeness (QED) is 0.167. The molecule has 10 aromatic rings. The number of pyridine rings is 1. The van der Waals surface area contributed by atoms with E-state index in [1.807, 2.05) is 12.1 Å². The Hall–Kier alpha value is -6.97. The molecule has 0 spiro atoms. The summed E-state index contributed by atoms with van der Waals surface area (Å²) in [5, 5.41) is 5.51. The standard InChI is InChI=1S/C52H36N2O/c1-52(2)45-20-9-6-17-39(45)40-28-27-38(32-46(40)52)54(37-16-12-15-35(31-37)33-13-4-3-5-14-33)36-25-23-34(24-26-36)50-44-30-29-42-41-18-8-11-22-48(41)55-51(42)49(44)43-19-7-10-21-47(43)53-50/h3-32H,1-2H3. The van der Waals surface area contributed by atoms with Crippen molar-refractivity contribution in [3.63, 3.8) is 0 Å². The summed E-state index contributed by atoms with van der Waals surface area (Å²) in [5.41, 5.74) is 15.7. The molecule has 11 rings (SSSR count). The van der Waals surface area contributed by atoms with Gasteiger partial charge in [0.15, 0.2) is 0 Å². The molecule has 260 valence electrons. The van der Waals surface area contributed by atoms with Crippen molar-refractivity contribution in [2.45, 2.75) is 19.3 Å². The van der Waals surface area contributed by atoms with Gasteiger partial charge in [-0.25, -0.2) is 4.98 Å². The number of aromatic nitrogens is 1. The minimum atomic E-state index is -0.114. The summed E-state index contributed by atoms with van der Waals surface area (Å²) in [7, 11) is 0. The Morgan fingerprint density at radius 1 is 0.455 bits per heavy atom. The van der Waals surface area contributed by atoms with Gasteiger partial charge in [-0.3, -0.25) is 0 Å². The van der Waals surface area contributed by atoms with Gasteiger partial charge < -0.3 is 9.32 Å². The Morgan fingerprint density at radius 2 is 1.13 bits per heavy atom. The first-order valence-corrected chi connectivity index (χ1v) is 19.0. The zero-order chi connectivity index (χ0) is 36.7. The van der Waals surface area contributed by atoms with E-state index >= 15 is 0 Å². The van der Waals surface area contributed by atoms with Gasteiger partial charge in [0.1, 0.15) is 11.2 Å². The highest BCUT2D eigenvalue weighted by Crippen LogP contribution is 2.51. The van der Waals surface area contributed by atoms with Gasteiger partial charge in [0.25, 0.3) is 0 Å². The predicted molar refractivity (Wildman–Crippen MR) is 230 cm³/mol. The Kier molecular flexibility index (Phi) is 6.90. The topological polar surface area (TPSA) is 29.3 Å². The van der Waals surface area contributed by atoms with Crippen LogP contribution in [0.5, 0.6) is 0 Å². The molecule has 2 heterocycles. The lowest BCUT2D eigenvalue weighted by Crippen LogP contribution is -2.16. The monoisotopic (exact) mass is 704 g/mol. The number of furan rings is 1. The highest BCUT2D eigenvalue weighted by Gasteiger charge is 2.35. The fraction of sp³-hybridized carbons (Fsp3) is 0.0577. The molecule has 0 saturated carbocycles. The second kappa shape index (κ2) is 12.0. The molecule has 3 nitrogen and oxygen atoms in total. The third-order valence-corrected chi connectivity index (χ3v) is 11.6. The molecule has 0 atom stereocenters.